The van der Waals surface area contributed by atoms with Crippen molar-refractivity contribution in [1.29, 1.82) is 0 Å². The van der Waals surface area contributed by atoms with Gasteiger partial charge in [0.15, 0.2) is 0 Å². The van der Waals surface area contributed by atoms with Gasteiger partial charge in [0, 0.05) is 11.8 Å². The second-order valence-electron chi connectivity index (χ2n) is 5.60. The quantitative estimate of drug-likeness (QED) is 0.559. The number of sulfonamides is 1. The number of amides is 1. The van der Waals surface area contributed by atoms with E-state index in [4.69, 9.17) is 0 Å². The molecule has 0 spiro atoms. The normalized spacial score (nSPS) is 11.3. The number of methoxy groups -OCH3 is 1. The van der Waals surface area contributed by atoms with Crippen molar-refractivity contribution in [3.63, 3.8) is 0 Å². The number of ether oxygens (including phenoxy) is 1. The lowest BCUT2D eigenvalue weighted by Crippen LogP contribution is -2.30. The number of hydrogen-bond acceptors (Lipinski definition) is 5. The van der Waals surface area contributed by atoms with E-state index in [-0.39, 0.29) is 10.8 Å². The van der Waals surface area contributed by atoms with Gasteiger partial charge in [-0.2, -0.15) is 4.72 Å². The Morgan fingerprint density at radius 2 is 1.74 bits per heavy atom. The van der Waals surface area contributed by atoms with Crippen molar-refractivity contribution < 1.29 is 22.7 Å². The Labute approximate surface area is 158 Å². The number of anilines is 1. The molecule has 2 aromatic rings. The first-order chi connectivity index (χ1) is 12.8. The molecule has 0 aliphatic rings. The van der Waals surface area contributed by atoms with Crippen LogP contribution in [0.15, 0.2) is 59.5 Å². The fourth-order valence-electron chi connectivity index (χ4n) is 2.15. The Bertz CT molecular complexity index is 950. The predicted octanol–water partition coefficient (Wildman–Crippen LogP) is 2.10. The lowest BCUT2D eigenvalue weighted by molar-refractivity contribution is -0.139. The van der Waals surface area contributed by atoms with Crippen LogP contribution in [-0.2, 0) is 24.3 Å². The van der Waals surface area contributed by atoms with Crippen LogP contribution in [0.5, 0.6) is 0 Å². The monoisotopic (exact) mass is 388 g/mol. The highest BCUT2D eigenvalue weighted by Gasteiger charge is 2.15. The van der Waals surface area contributed by atoms with E-state index in [1.165, 1.54) is 37.5 Å². The fourth-order valence-corrected chi connectivity index (χ4v) is 3.12. The molecule has 27 heavy (non-hydrogen) atoms. The average molecular weight is 388 g/mol. The third-order valence-electron chi connectivity index (χ3n) is 3.67. The maximum absolute atomic E-state index is 12.1. The zero-order chi connectivity index (χ0) is 19.9. The van der Waals surface area contributed by atoms with Crippen LogP contribution in [0.2, 0.25) is 0 Å². The van der Waals surface area contributed by atoms with E-state index in [9.17, 15) is 18.0 Å². The summed E-state index contributed by atoms with van der Waals surface area (Å²) in [5.41, 5.74) is 2.43. The molecule has 0 fully saturated rings. The zero-order valence-electron chi connectivity index (χ0n) is 14.9. The van der Waals surface area contributed by atoms with Crippen molar-refractivity contribution in [1.82, 2.24) is 4.72 Å². The van der Waals surface area contributed by atoms with Gasteiger partial charge in [-0.3, -0.25) is 9.59 Å². The average Bonchev–Trinajstić information content (AvgIpc) is 2.66. The minimum absolute atomic E-state index is 0.0279. The van der Waals surface area contributed by atoms with Crippen LogP contribution in [0.25, 0.3) is 6.08 Å². The highest BCUT2D eigenvalue weighted by molar-refractivity contribution is 7.89. The van der Waals surface area contributed by atoms with Crippen LogP contribution in [0.1, 0.15) is 11.1 Å². The lowest BCUT2D eigenvalue weighted by atomic mass is 10.1. The maximum Gasteiger partial charge on any atom is 0.320 e. The van der Waals surface area contributed by atoms with Gasteiger partial charge in [-0.1, -0.05) is 24.3 Å². The molecular formula is C19H20N2O5S. The van der Waals surface area contributed by atoms with Crippen LogP contribution < -0.4 is 10.0 Å². The van der Waals surface area contributed by atoms with Crippen molar-refractivity contribution in [2.24, 2.45) is 0 Å². The number of benzene rings is 2. The number of carbonyl (C=O) groups excluding carboxylic acids is 2. The van der Waals surface area contributed by atoms with E-state index in [1.54, 1.807) is 6.08 Å². The third-order valence-corrected chi connectivity index (χ3v) is 5.09. The number of esters is 1. The Morgan fingerprint density at radius 3 is 2.37 bits per heavy atom. The lowest BCUT2D eigenvalue weighted by Gasteiger charge is -2.07. The van der Waals surface area contributed by atoms with Gasteiger partial charge in [0.1, 0.15) is 6.54 Å². The highest BCUT2D eigenvalue weighted by atomic mass is 32.2. The van der Waals surface area contributed by atoms with E-state index in [2.05, 4.69) is 14.8 Å². The molecule has 2 rings (SSSR count). The number of nitrogens with one attached hydrogen (secondary N) is 2. The third kappa shape index (κ3) is 6.05. The van der Waals surface area contributed by atoms with Crippen molar-refractivity contribution in [2.75, 3.05) is 19.0 Å². The first-order valence-electron chi connectivity index (χ1n) is 8.03. The van der Waals surface area contributed by atoms with E-state index < -0.39 is 22.5 Å². The molecule has 0 saturated carbocycles. The van der Waals surface area contributed by atoms with Gasteiger partial charge in [0.05, 0.1) is 12.0 Å². The zero-order valence-corrected chi connectivity index (χ0v) is 15.7. The summed E-state index contributed by atoms with van der Waals surface area (Å²) >= 11 is 0. The molecule has 8 heteroatoms. The molecule has 2 N–H and O–H groups in total. The predicted molar refractivity (Wildman–Crippen MR) is 102 cm³/mol. The molecule has 1 amide bonds. The van der Waals surface area contributed by atoms with E-state index >= 15 is 0 Å². The van der Waals surface area contributed by atoms with Crippen molar-refractivity contribution in [3.8, 4) is 0 Å². The molecule has 0 radical (unpaired) electrons. The van der Waals surface area contributed by atoms with E-state index in [0.717, 1.165) is 11.1 Å². The Morgan fingerprint density at radius 1 is 1.07 bits per heavy atom. The summed E-state index contributed by atoms with van der Waals surface area (Å²) in [6.45, 7) is 1.49. The molecule has 0 aliphatic heterocycles. The summed E-state index contributed by atoms with van der Waals surface area (Å²) in [6.07, 6.45) is 3.12. The molecular weight excluding hydrogens is 368 g/mol. The summed E-state index contributed by atoms with van der Waals surface area (Å²) < 4.78 is 30.6. The van der Waals surface area contributed by atoms with Gasteiger partial charge in [-0.05, 0) is 48.4 Å². The van der Waals surface area contributed by atoms with Gasteiger partial charge in [0.25, 0.3) is 0 Å². The van der Waals surface area contributed by atoms with Crippen LogP contribution in [0, 0.1) is 6.92 Å². The fraction of sp³-hybridized carbons (Fsp3) is 0.158. The van der Waals surface area contributed by atoms with Crippen molar-refractivity contribution >= 4 is 33.7 Å². The summed E-state index contributed by atoms with van der Waals surface area (Å²) in [6, 6.07) is 13.3. The number of hydrogen-bond donors (Lipinski definition) is 2. The molecule has 2 aromatic carbocycles. The van der Waals surface area contributed by atoms with Gasteiger partial charge < -0.3 is 10.1 Å². The number of aryl methyl sites for hydroxylation is 1. The van der Waals surface area contributed by atoms with Gasteiger partial charge in [-0.25, -0.2) is 8.42 Å². The van der Waals surface area contributed by atoms with Crippen molar-refractivity contribution in [3.05, 3.63) is 65.7 Å². The Kier molecular flexibility index (Phi) is 6.86. The Hall–Kier alpha value is -2.97. The van der Waals surface area contributed by atoms with Gasteiger partial charge in [0.2, 0.25) is 15.9 Å². The summed E-state index contributed by atoms with van der Waals surface area (Å²) in [4.78, 5) is 23.0. The minimum atomic E-state index is -3.84. The van der Waals surface area contributed by atoms with Crippen molar-refractivity contribution in [2.45, 2.75) is 11.8 Å². The molecule has 142 valence electrons. The second kappa shape index (κ2) is 9.11. The molecule has 0 heterocycles. The SMILES string of the molecule is COC(=O)CNS(=O)(=O)c1ccc(NC(=O)/C=C/c2ccccc2C)cc1. The molecule has 7 nitrogen and oxygen atoms in total. The largest absolute Gasteiger partial charge is 0.468 e. The first-order valence-corrected chi connectivity index (χ1v) is 9.51. The molecule has 0 aliphatic carbocycles. The maximum atomic E-state index is 12.1. The minimum Gasteiger partial charge on any atom is -0.468 e. The standard InChI is InChI=1S/C19H20N2O5S/c1-14-5-3-4-6-15(14)7-12-18(22)21-16-8-10-17(11-9-16)27(24,25)20-13-19(23)26-2/h3-12,20H,13H2,1-2H3,(H,21,22)/b12-7+. The second-order valence-corrected chi connectivity index (χ2v) is 7.37. The van der Waals surface area contributed by atoms with Gasteiger partial charge in [-0.15, -0.1) is 0 Å². The molecule has 0 unspecified atom stereocenters. The molecule has 0 bridgehead atoms. The first kappa shape index (κ1) is 20.3. The molecule has 0 saturated heterocycles. The molecule has 0 aromatic heterocycles. The van der Waals surface area contributed by atoms with Crippen LogP contribution in [0.3, 0.4) is 0 Å². The summed E-state index contributed by atoms with van der Waals surface area (Å²) in [7, 11) is -2.67. The van der Waals surface area contributed by atoms with Crippen LogP contribution >= 0.6 is 0 Å². The topological polar surface area (TPSA) is 102 Å². The summed E-state index contributed by atoms with van der Waals surface area (Å²) in [5, 5.41) is 2.65. The number of rotatable bonds is 7. The molecule has 0 atom stereocenters. The van der Waals surface area contributed by atoms with E-state index in [1.807, 2.05) is 31.2 Å². The Balaban J connectivity index is 2.00. The van der Waals surface area contributed by atoms with Gasteiger partial charge >= 0.3 is 5.97 Å². The smallest absolute Gasteiger partial charge is 0.320 e. The number of carbonyl (C=O) groups is 2. The van der Waals surface area contributed by atoms with Crippen LogP contribution in [-0.4, -0.2) is 33.9 Å². The highest BCUT2D eigenvalue weighted by Crippen LogP contribution is 2.14. The van der Waals surface area contributed by atoms with E-state index in [0.29, 0.717) is 5.69 Å². The summed E-state index contributed by atoms with van der Waals surface area (Å²) in [5.74, 6) is -1.03. The van der Waals surface area contributed by atoms with Crippen LogP contribution in [0.4, 0.5) is 5.69 Å².